The monoisotopic (exact) mass is 693 g/mol. The van der Waals surface area contributed by atoms with E-state index in [-0.39, 0.29) is 37.8 Å². The smallest absolute Gasteiger partial charge is 0.338 e. The van der Waals surface area contributed by atoms with Gasteiger partial charge in [-0.15, -0.1) is 11.3 Å². The van der Waals surface area contributed by atoms with Gasteiger partial charge in [-0.05, 0) is 72.7 Å². The van der Waals surface area contributed by atoms with Crippen molar-refractivity contribution in [2.24, 2.45) is 5.73 Å². The van der Waals surface area contributed by atoms with Crippen molar-refractivity contribution in [1.82, 2.24) is 4.57 Å². The van der Waals surface area contributed by atoms with E-state index in [0.29, 0.717) is 36.9 Å². The van der Waals surface area contributed by atoms with E-state index in [0.717, 1.165) is 15.9 Å². The number of halogens is 5. The van der Waals surface area contributed by atoms with E-state index in [9.17, 15) is 14.4 Å². The number of carbonyl (C=O) groups excluding carboxylic acids is 2. The number of amides is 1. The van der Waals surface area contributed by atoms with Crippen LogP contribution in [-0.2, 0) is 14.3 Å². The number of hydrogen-bond acceptors (Lipinski definition) is 6. The molecule has 1 aliphatic heterocycles. The molecule has 4 aromatic rings. The molecule has 1 aliphatic rings. The fourth-order valence-electron chi connectivity index (χ4n) is 4.61. The van der Waals surface area contributed by atoms with E-state index in [1.807, 2.05) is 0 Å². The molecule has 0 aliphatic carbocycles. The number of benzene rings is 3. The number of nitrogens with one attached hydrogen (secondary N) is 1. The summed E-state index contributed by atoms with van der Waals surface area (Å²) >= 11 is 32.3. The molecule has 1 atom stereocenters. The summed E-state index contributed by atoms with van der Waals surface area (Å²) in [6.45, 7) is 1.65. The molecule has 0 saturated carbocycles. The zero-order chi connectivity index (χ0) is 31.0. The van der Waals surface area contributed by atoms with Gasteiger partial charge in [0.05, 0.1) is 28.2 Å². The number of esters is 1. The first-order valence-electron chi connectivity index (χ1n) is 12.6. The van der Waals surface area contributed by atoms with Crippen LogP contribution in [0.5, 0.6) is 0 Å². The number of hydrogen-bond donors (Lipinski definition) is 2. The Labute approximate surface area is 274 Å². The van der Waals surface area contributed by atoms with Crippen LogP contribution in [0.15, 0.2) is 71.0 Å². The quantitative estimate of drug-likeness (QED) is 0.231. The van der Waals surface area contributed by atoms with Gasteiger partial charge in [0.2, 0.25) is 0 Å². The summed E-state index contributed by atoms with van der Waals surface area (Å²) in [5.41, 5.74) is 7.22. The predicted molar refractivity (Wildman–Crippen MR) is 175 cm³/mol. The molecule has 0 fully saturated rings. The molecule has 0 saturated heterocycles. The zero-order valence-electron chi connectivity index (χ0n) is 22.1. The minimum Gasteiger partial charge on any atom is -0.463 e. The highest BCUT2D eigenvalue weighted by Crippen LogP contribution is 2.41. The number of nitrogens with two attached hydrogens (primary N) is 1. The molecule has 1 unspecified atom stereocenters. The van der Waals surface area contributed by atoms with Crippen LogP contribution in [0.3, 0.4) is 0 Å². The molecule has 0 radical (unpaired) electrons. The first-order chi connectivity index (χ1) is 20.5. The number of fused-ring (bicyclic) bond motifs is 1. The highest BCUT2D eigenvalue weighted by atomic mass is 35.5. The Hall–Kier alpha value is -3.24. The minimum atomic E-state index is -1.12. The third-order valence-corrected chi connectivity index (χ3v) is 9.00. The van der Waals surface area contributed by atoms with Crippen LogP contribution in [0.4, 0.5) is 5.69 Å². The maximum absolute atomic E-state index is 14.2. The lowest BCUT2D eigenvalue weighted by molar-refractivity contribution is -0.138. The molecular formula is C30H20Cl5N3O4S. The lowest BCUT2D eigenvalue weighted by Crippen LogP contribution is -2.42. The van der Waals surface area contributed by atoms with Crippen molar-refractivity contribution in [2.75, 3.05) is 11.9 Å². The van der Waals surface area contributed by atoms with Gasteiger partial charge in [-0.1, -0.05) is 70.1 Å². The topological polar surface area (TPSA) is 103 Å². The summed E-state index contributed by atoms with van der Waals surface area (Å²) in [6.07, 6.45) is 1.56. The van der Waals surface area contributed by atoms with Gasteiger partial charge in [0, 0.05) is 30.8 Å². The van der Waals surface area contributed by atoms with Crippen LogP contribution in [0.2, 0.25) is 25.1 Å². The number of carbonyl (C=O) groups is 2. The molecule has 1 amide bonds. The van der Waals surface area contributed by atoms with Gasteiger partial charge in [0.25, 0.3) is 11.5 Å². The number of anilines is 1. The third kappa shape index (κ3) is 6.22. The average Bonchev–Trinajstić information content (AvgIpc) is 3.27. The Bertz CT molecular complexity index is 2000. The first kappa shape index (κ1) is 31.2. The Balaban J connectivity index is 1.86. The predicted octanol–water partition coefficient (Wildman–Crippen LogP) is 6.28. The van der Waals surface area contributed by atoms with Crippen LogP contribution in [0.1, 0.15) is 24.0 Å². The van der Waals surface area contributed by atoms with E-state index in [2.05, 4.69) is 5.32 Å². The summed E-state index contributed by atoms with van der Waals surface area (Å²) in [4.78, 5) is 41.5. The van der Waals surface area contributed by atoms with Gasteiger partial charge in [-0.3, -0.25) is 14.2 Å². The van der Waals surface area contributed by atoms with E-state index >= 15 is 0 Å². The largest absolute Gasteiger partial charge is 0.463 e. The number of rotatable bonds is 6. The van der Waals surface area contributed by atoms with Crippen molar-refractivity contribution in [1.29, 1.82) is 0 Å². The third-order valence-electron chi connectivity index (χ3n) is 6.51. The summed E-state index contributed by atoms with van der Waals surface area (Å²) in [7, 11) is 0. The lowest BCUT2D eigenvalue weighted by Gasteiger charge is -2.28. The first-order valence-corrected chi connectivity index (χ1v) is 15.3. The second-order valence-corrected chi connectivity index (χ2v) is 12.4. The highest BCUT2D eigenvalue weighted by molar-refractivity contribution is 7.07. The van der Waals surface area contributed by atoms with Gasteiger partial charge in [-0.2, -0.15) is 0 Å². The maximum Gasteiger partial charge on any atom is 0.338 e. The number of thiazole rings is 1. The van der Waals surface area contributed by atoms with Crippen molar-refractivity contribution in [3.63, 3.8) is 0 Å². The zero-order valence-corrected chi connectivity index (χ0v) is 26.7. The van der Waals surface area contributed by atoms with Gasteiger partial charge < -0.3 is 15.8 Å². The number of nitrogens with zero attached hydrogens (tertiary/aromatic N) is 1. The van der Waals surface area contributed by atoms with Crippen molar-refractivity contribution in [3.05, 3.63) is 122 Å². The number of aromatic nitrogens is 1. The molecule has 220 valence electrons. The van der Waals surface area contributed by atoms with E-state index in [1.54, 1.807) is 67.6 Å². The molecule has 5 rings (SSSR count). The molecule has 2 heterocycles. The molecule has 13 heteroatoms. The molecule has 3 aromatic carbocycles. The fourth-order valence-corrected chi connectivity index (χ4v) is 6.89. The highest BCUT2D eigenvalue weighted by Gasteiger charge is 2.40. The van der Waals surface area contributed by atoms with Crippen LogP contribution < -0.4 is 25.8 Å². The summed E-state index contributed by atoms with van der Waals surface area (Å²) in [5.74, 6) is -2.75. The van der Waals surface area contributed by atoms with Crippen molar-refractivity contribution < 1.29 is 14.3 Å². The average molecular weight is 696 g/mol. The van der Waals surface area contributed by atoms with Crippen molar-refractivity contribution in [3.8, 4) is 0 Å². The molecule has 0 spiro atoms. The molecule has 7 nitrogen and oxygen atoms in total. The Morgan fingerprint density at radius 2 is 1.56 bits per heavy atom. The lowest BCUT2D eigenvalue weighted by atomic mass is 9.82. The SMILES string of the molecule is CCOC(=O)C1=C(N)n2c(s/c(=C\c3ccc(Cl)cc3Cl)c2=O)=C(C(=O)Nc2ccc(Cl)cc2)C1c1ccc(Cl)cc1Cl. The van der Waals surface area contributed by atoms with Gasteiger partial charge >= 0.3 is 5.97 Å². The van der Waals surface area contributed by atoms with Crippen LogP contribution in [0.25, 0.3) is 17.5 Å². The maximum atomic E-state index is 14.2. The molecule has 0 bridgehead atoms. The van der Waals surface area contributed by atoms with E-state index in [4.69, 9.17) is 68.5 Å². The van der Waals surface area contributed by atoms with E-state index in [1.165, 1.54) is 6.07 Å². The Morgan fingerprint density at radius 3 is 2.19 bits per heavy atom. The Morgan fingerprint density at radius 1 is 0.930 bits per heavy atom. The van der Waals surface area contributed by atoms with Gasteiger partial charge in [0.1, 0.15) is 10.5 Å². The molecule has 1 aromatic heterocycles. The van der Waals surface area contributed by atoms with Crippen LogP contribution in [0, 0.1) is 0 Å². The normalized spacial score (nSPS) is 15.0. The summed E-state index contributed by atoms with van der Waals surface area (Å²) < 4.78 is 6.87. The molecule has 43 heavy (non-hydrogen) atoms. The number of ether oxygens (including phenoxy) is 1. The van der Waals surface area contributed by atoms with Crippen molar-refractivity contribution in [2.45, 2.75) is 12.8 Å². The van der Waals surface area contributed by atoms with Gasteiger partial charge in [-0.25, -0.2) is 4.79 Å². The molecular weight excluding hydrogens is 676 g/mol. The second-order valence-electron chi connectivity index (χ2n) is 9.22. The summed E-state index contributed by atoms with van der Waals surface area (Å²) in [5, 5.41) is 4.57. The fraction of sp³-hybridized carbons (Fsp3) is 0.100. The minimum absolute atomic E-state index is 0.0163. The standard InChI is InChI=1S/C30H20Cl5N3O4S/c1-2-42-30(41)24-23(19-10-7-17(33)13-21(19)35)25(27(39)37-18-8-5-15(31)6-9-18)29-38(26(24)36)28(40)22(43-29)11-14-3-4-16(32)12-20(14)34/h3-13,23H,2,36H2,1H3,(H,37,39)/b22-11-. The Kier molecular flexibility index (Phi) is 9.27. The van der Waals surface area contributed by atoms with Crippen LogP contribution in [-0.4, -0.2) is 23.1 Å². The van der Waals surface area contributed by atoms with Crippen molar-refractivity contribution >= 4 is 104 Å². The van der Waals surface area contributed by atoms with Gasteiger partial charge in [0.15, 0.2) is 0 Å². The van der Waals surface area contributed by atoms with E-state index < -0.39 is 23.4 Å². The molecule has 3 N–H and O–H groups in total. The van der Waals surface area contributed by atoms with Crippen LogP contribution >= 0.6 is 69.3 Å². The summed E-state index contributed by atoms with van der Waals surface area (Å²) in [6, 6.07) is 16.0. The second kappa shape index (κ2) is 12.8.